The molecule has 9 heteroatoms. The van der Waals surface area contributed by atoms with Gasteiger partial charge in [0.1, 0.15) is 23.9 Å². The summed E-state index contributed by atoms with van der Waals surface area (Å²) in [5.74, 6) is 0.205. The van der Waals surface area contributed by atoms with Gasteiger partial charge in [-0.15, -0.1) is 0 Å². The molecule has 2 heterocycles. The van der Waals surface area contributed by atoms with Gasteiger partial charge in [-0.1, -0.05) is 17.3 Å². The maximum absolute atomic E-state index is 13.0. The molecule has 0 saturated carbocycles. The Bertz CT molecular complexity index is 1190. The highest BCUT2D eigenvalue weighted by molar-refractivity contribution is 9.10. The summed E-state index contributed by atoms with van der Waals surface area (Å²) in [5, 5.41) is 10.9. The number of benzene rings is 2. The summed E-state index contributed by atoms with van der Waals surface area (Å²) in [6.07, 6.45) is 3.62. The standard InChI is InChI=1S/C22H18BrFN4O3/c1-14-20(13-30-19-8-4-17(24)5-9-19)21(27-31-14)22(29)26-18-6-2-15(3-7-18)11-28-12-16(23)10-25-28/h2-10,12H,11,13H2,1H3,(H,26,29). The van der Waals surface area contributed by atoms with E-state index in [4.69, 9.17) is 9.26 Å². The molecule has 4 rings (SSSR count). The fraction of sp³-hybridized carbons (Fsp3) is 0.136. The largest absolute Gasteiger partial charge is 0.489 e. The predicted molar refractivity (Wildman–Crippen MR) is 115 cm³/mol. The van der Waals surface area contributed by atoms with Crippen LogP contribution in [0.1, 0.15) is 27.4 Å². The van der Waals surface area contributed by atoms with E-state index >= 15 is 0 Å². The topological polar surface area (TPSA) is 82.2 Å². The maximum Gasteiger partial charge on any atom is 0.278 e. The minimum Gasteiger partial charge on any atom is -0.489 e. The summed E-state index contributed by atoms with van der Waals surface area (Å²) in [4.78, 5) is 12.7. The van der Waals surface area contributed by atoms with Crippen molar-refractivity contribution in [3.63, 3.8) is 0 Å². The predicted octanol–water partition coefficient (Wildman–Crippen LogP) is 4.96. The molecule has 0 aliphatic heterocycles. The van der Waals surface area contributed by atoms with Crippen LogP contribution in [-0.4, -0.2) is 20.8 Å². The third kappa shape index (κ3) is 5.18. The average molecular weight is 485 g/mol. The van der Waals surface area contributed by atoms with E-state index in [0.29, 0.717) is 29.3 Å². The lowest BCUT2D eigenvalue weighted by Gasteiger charge is -2.08. The first-order valence-corrected chi connectivity index (χ1v) is 10.2. The van der Waals surface area contributed by atoms with Gasteiger partial charge in [0.05, 0.1) is 22.8 Å². The molecule has 0 atom stereocenters. The highest BCUT2D eigenvalue weighted by Crippen LogP contribution is 2.20. The molecule has 4 aromatic rings. The Labute approximate surface area is 185 Å². The van der Waals surface area contributed by atoms with Gasteiger partial charge in [-0.2, -0.15) is 5.10 Å². The molecule has 31 heavy (non-hydrogen) atoms. The Balaban J connectivity index is 1.41. The number of ether oxygens (including phenoxy) is 1. The number of carbonyl (C=O) groups excluding carboxylic acids is 1. The lowest BCUT2D eigenvalue weighted by molar-refractivity contribution is 0.101. The molecule has 0 aliphatic rings. The molecule has 0 saturated heterocycles. The molecule has 2 aromatic heterocycles. The van der Waals surface area contributed by atoms with Crippen LogP contribution in [-0.2, 0) is 13.2 Å². The lowest BCUT2D eigenvalue weighted by atomic mass is 10.1. The lowest BCUT2D eigenvalue weighted by Crippen LogP contribution is -2.15. The number of anilines is 1. The summed E-state index contributed by atoms with van der Waals surface area (Å²) >= 11 is 3.37. The van der Waals surface area contributed by atoms with Gasteiger partial charge < -0.3 is 14.6 Å². The van der Waals surface area contributed by atoms with Crippen LogP contribution < -0.4 is 10.1 Å². The number of aryl methyl sites for hydroxylation is 1. The SMILES string of the molecule is Cc1onc(C(=O)Nc2ccc(Cn3cc(Br)cn3)cc2)c1COc1ccc(F)cc1. The third-order valence-corrected chi connectivity index (χ3v) is 4.96. The molecule has 1 N–H and O–H groups in total. The molecule has 0 radical (unpaired) electrons. The number of hydrogen-bond donors (Lipinski definition) is 1. The van der Waals surface area contributed by atoms with Gasteiger partial charge in [-0.3, -0.25) is 9.48 Å². The fourth-order valence-electron chi connectivity index (χ4n) is 2.92. The van der Waals surface area contributed by atoms with Crippen LogP contribution in [0.25, 0.3) is 0 Å². The summed E-state index contributed by atoms with van der Waals surface area (Å²) in [6, 6.07) is 13.1. The van der Waals surface area contributed by atoms with Crippen molar-refractivity contribution in [2.75, 3.05) is 5.32 Å². The monoisotopic (exact) mass is 484 g/mol. The van der Waals surface area contributed by atoms with Gasteiger partial charge in [-0.25, -0.2) is 4.39 Å². The number of amides is 1. The van der Waals surface area contributed by atoms with E-state index in [1.165, 1.54) is 24.3 Å². The number of halogens is 2. The number of nitrogens with zero attached hydrogens (tertiary/aromatic N) is 3. The van der Waals surface area contributed by atoms with Crippen LogP contribution in [0.5, 0.6) is 5.75 Å². The van der Waals surface area contributed by atoms with Crippen LogP contribution in [0.2, 0.25) is 0 Å². The molecule has 158 valence electrons. The molecule has 0 aliphatic carbocycles. The summed E-state index contributed by atoms with van der Waals surface area (Å²) < 4.78 is 26.6. The van der Waals surface area contributed by atoms with Crippen molar-refractivity contribution < 1.29 is 18.4 Å². The van der Waals surface area contributed by atoms with Gasteiger partial charge in [0.25, 0.3) is 5.91 Å². The van der Waals surface area contributed by atoms with E-state index in [0.717, 1.165) is 10.0 Å². The zero-order valence-electron chi connectivity index (χ0n) is 16.5. The maximum atomic E-state index is 13.0. The van der Waals surface area contributed by atoms with Gasteiger partial charge in [-0.05, 0) is 64.8 Å². The molecule has 0 unspecified atom stereocenters. The molecule has 0 bridgehead atoms. The second kappa shape index (κ2) is 9.13. The molecule has 2 aromatic carbocycles. The van der Waals surface area contributed by atoms with E-state index < -0.39 is 5.91 Å². The number of rotatable bonds is 7. The fourth-order valence-corrected chi connectivity index (χ4v) is 3.25. The van der Waals surface area contributed by atoms with E-state index in [1.54, 1.807) is 13.1 Å². The Morgan fingerprint density at radius 1 is 1.19 bits per heavy atom. The second-order valence-corrected chi connectivity index (χ2v) is 7.73. The zero-order valence-corrected chi connectivity index (χ0v) is 18.1. The summed E-state index contributed by atoms with van der Waals surface area (Å²) in [5.41, 5.74) is 2.34. The van der Waals surface area contributed by atoms with Crippen LogP contribution in [0.4, 0.5) is 10.1 Å². The number of hydrogen-bond acceptors (Lipinski definition) is 5. The van der Waals surface area contributed by atoms with Crippen LogP contribution in [0.3, 0.4) is 0 Å². The van der Waals surface area contributed by atoms with E-state index in [9.17, 15) is 9.18 Å². The van der Waals surface area contributed by atoms with Crippen LogP contribution >= 0.6 is 15.9 Å². The van der Waals surface area contributed by atoms with Crippen molar-refractivity contribution in [2.45, 2.75) is 20.1 Å². The summed E-state index contributed by atoms with van der Waals surface area (Å²) in [7, 11) is 0. The second-order valence-electron chi connectivity index (χ2n) is 6.82. The third-order valence-electron chi connectivity index (χ3n) is 4.55. The number of aromatic nitrogens is 3. The molecular formula is C22H18BrFN4O3. The minimum absolute atomic E-state index is 0.0715. The Morgan fingerprint density at radius 3 is 2.61 bits per heavy atom. The van der Waals surface area contributed by atoms with Crippen molar-refractivity contribution in [1.29, 1.82) is 0 Å². The smallest absolute Gasteiger partial charge is 0.278 e. The van der Waals surface area contributed by atoms with Gasteiger partial charge in [0, 0.05) is 11.9 Å². The highest BCUT2D eigenvalue weighted by atomic mass is 79.9. The quantitative estimate of drug-likeness (QED) is 0.400. The van der Waals surface area contributed by atoms with Crippen molar-refractivity contribution >= 4 is 27.5 Å². The van der Waals surface area contributed by atoms with E-state index in [-0.39, 0.29) is 18.1 Å². The first-order valence-electron chi connectivity index (χ1n) is 9.40. The van der Waals surface area contributed by atoms with Gasteiger partial charge in [0.15, 0.2) is 5.69 Å². The van der Waals surface area contributed by atoms with Gasteiger partial charge >= 0.3 is 0 Å². The van der Waals surface area contributed by atoms with Crippen molar-refractivity contribution in [3.05, 3.63) is 93.8 Å². The van der Waals surface area contributed by atoms with Crippen molar-refractivity contribution in [1.82, 2.24) is 14.9 Å². The molecule has 7 nitrogen and oxygen atoms in total. The van der Waals surface area contributed by atoms with E-state index in [2.05, 4.69) is 31.5 Å². The van der Waals surface area contributed by atoms with Crippen molar-refractivity contribution in [2.24, 2.45) is 0 Å². The number of nitrogens with one attached hydrogen (secondary N) is 1. The molecule has 0 spiro atoms. The summed E-state index contributed by atoms with van der Waals surface area (Å²) in [6.45, 7) is 2.39. The van der Waals surface area contributed by atoms with Gasteiger partial charge in [0.2, 0.25) is 0 Å². The van der Waals surface area contributed by atoms with E-state index in [1.807, 2.05) is 35.1 Å². The molecule has 1 amide bonds. The Morgan fingerprint density at radius 2 is 1.94 bits per heavy atom. The number of carbonyl (C=O) groups is 1. The van der Waals surface area contributed by atoms with Crippen LogP contribution in [0, 0.1) is 12.7 Å². The Kier molecular flexibility index (Phi) is 6.13. The Hall–Kier alpha value is -3.46. The van der Waals surface area contributed by atoms with Crippen molar-refractivity contribution in [3.8, 4) is 5.75 Å². The highest BCUT2D eigenvalue weighted by Gasteiger charge is 2.20. The zero-order chi connectivity index (χ0) is 21.8. The molecular weight excluding hydrogens is 467 g/mol. The van der Waals surface area contributed by atoms with Crippen LogP contribution in [0.15, 0.2) is 69.9 Å². The normalized spacial score (nSPS) is 10.8. The first kappa shape index (κ1) is 20.8. The molecule has 0 fully saturated rings. The first-order chi connectivity index (χ1) is 15.0. The average Bonchev–Trinajstić information content (AvgIpc) is 3.34. The minimum atomic E-state index is -0.404.